The Hall–Kier alpha value is -0.200. The van der Waals surface area contributed by atoms with Crippen molar-refractivity contribution in [2.24, 2.45) is 34.5 Å². The number of hydrogen-bond acceptors (Lipinski definition) is 5. The Bertz CT molecular complexity index is 692. The SMILES string of the molecule is C[C@]12C[C@@H](N3CCOCC3)[C@@H](O)C[C@@H]1CC[C@@H]1[C@@H]2CC[C@]2(C)[C@@H](O)[C@@H](N3CCCC3)C[C@@H]12. The first-order chi connectivity index (χ1) is 15.4. The van der Waals surface area contributed by atoms with Crippen molar-refractivity contribution in [1.82, 2.24) is 9.80 Å². The highest BCUT2D eigenvalue weighted by Crippen LogP contribution is 2.66. The smallest absolute Gasteiger partial charge is 0.0751 e. The van der Waals surface area contributed by atoms with E-state index in [-0.39, 0.29) is 17.6 Å². The van der Waals surface area contributed by atoms with Gasteiger partial charge in [-0.1, -0.05) is 13.8 Å². The van der Waals surface area contributed by atoms with Gasteiger partial charge in [0.05, 0.1) is 25.4 Å². The third-order valence-corrected chi connectivity index (χ3v) is 11.8. The van der Waals surface area contributed by atoms with Gasteiger partial charge in [0.15, 0.2) is 0 Å². The van der Waals surface area contributed by atoms with E-state index in [0.29, 0.717) is 29.3 Å². The fraction of sp³-hybridized carbons (Fsp3) is 1.00. The van der Waals surface area contributed by atoms with E-state index in [1.165, 1.54) is 58.0 Å². The van der Waals surface area contributed by atoms with Crippen molar-refractivity contribution >= 4 is 0 Å². The van der Waals surface area contributed by atoms with E-state index in [9.17, 15) is 10.2 Å². The molecule has 0 spiro atoms. The molecule has 5 heteroatoms. The summed E-state index contributed by atoms with van der Waals surface area (Å²) in [4.78, 5) is 5.16. The highest BCUT2D eigenvalue weighted by Gasteiger charge is 2.63. The quantitative estimate of drug-likeness (QED) is 0.683. The molecule has 0 unspecified atom stereocenters. The van der Waals surface area contributed by atoms with Gasteiger partial charge in [0.2, 0.25) is 0 Å². The minimum absolute atomic E-state index is 0.107. The van der Waals surface area contributed by atoms with Crippen LogP contribution in [0.2, 0.25) is 0 Å². The molecule has 2 heterocycles. The molecule has 10 atom stereocenters. The van der Waals surface area contributed by atoms with Crippen molar-refractivity contribution in [2.45, 2.75) is 95.9 Å². The average molecular weight is 447 g/mol. The summed E-state index contributed by atoms with van der Waals surface area (Å²) in [7, 11) is 0. The number of morpholine rings is 1. The molecule has 6 rings (SSSR count). The monoisotopic (exact) mass is 446 g/mol. The predicted octanol–water partition coefficient (Wildman–Crippen LogP) is 3.14. The highest BCUT2D eigenvalue weighted by molar-refractivity contribution is 5.14. The van der Waals surface area contributed by atoms with E-state index in [1.54, 1.807) is 0 Å². The summed E-state index contributed by atoms with van der Waals surface area (Å²) >= 11 is 0. The number of likely N-dealkylation sites (tertiary alicyclic amines) is 1. The second-order valence-electron chi connectivity index (χ2n) is 12.9. The Morgan fingerprint density at radius 1 is 0.781 bits per heavy atom. The Morgan fingerprint density at radius 3 is 2.25 bits per heavy atom. The average Bonchev–Trinajstić information content (AvgIpc) is 3.41. The predicted molar refractivity (Wildman–Crippen MR) is 125 cm³/mol. The lowest BCUT2D eigenvalue weighted by Gasteiger charge is -2.62. The molecule has 6 aliphatic rings. The van der Waals surface area contributed by atoms with E-state index in [0.717, 1.165) is 51.0 Å². The maximum atomic E-state index is 11.5. The molecule has 0 amide bonds. The summed E-state index contributed by atoms with van der Waals surface area (Å²) in [5, 5.41) is 22.7. The maximum absolute atomic E-state index is 11.5. The fourth-order valence-electron chi connectivity index (χ4n) is 9.97. The first kappa shape index (κ1) is 22.3. The molecule has 2 N–H and O–H groups in total. The molecule has 0 bridgehead atoms. The Morgan fingerprint density at radius 2 is 1.50 bits per heavy atom. The van der Waals surface area contributed by atoms with Gasteiger partial charge in [0, 0.05) is 25.2 Å². The zero-order chi connectivity index (χ0) is 22.1. The maximum Gasteiger partial charge on any atom is 0.0751 e. The summed E-state index contributed by atoms with van der Waals surface area (Å²) in [6.45, 7) is 11.0. The normalized spacial score (nSPS) is 54.8. The van der Waals surface area contributed by atoms with E-state index < -0.39 is 0 Å². The second-order valence-corrected chi connectivity index (χ2v) is 12.9. The van der Waals surface area contributed by atoms with Gasteiger partial charge >= 0.3 is 0 Å². The van der Waals surface area contributed by atoms with Crippen LogP contribution in [0, 0.1) is 34.5 Å². The summed E-state index contributed by atoms with van der Waals surface area (Å²) in [6, 6.07) is 0.699. The molecule has 2 saturated heterocycles. The molecule has 2 aliphatic heterocycles. The molecule has 0 aromatic rings. The van der Waals surface area contributed by atoms with E-state index in [1.807, 2.05) is 0 Å². The molecule has 182 valence electrons. The molecule has 4 aliphatic carbocycles. The minimum atomic E-state index is -0.176. The van der Waals surface area contributed by atoms with Crippen LogP contribution in [0.4, 0.5) is 0 Å². The summed E-state index contributed by atoms with van der Waals surface area (Å²) in [5.74, 6) is 2.87. The Labute approximate surface area is 194 Å². The van der Waals surface area contributed by atoms with Gasteiger partial charge < -0.3 is 14.9 Å². The molecule has 4 saturated carbocycles. The van der Waals surface area contributed by atoms with Gasteiger partial charge in [-0.25, -0.2) is 0 Å². The van der Waals surface area contributed by atoms with Crippen LogP contribution < -0.4 is 0 Å². The fourth-order valence-corrected chi connectivity index (χ4v) is 9.97. The van der Waals surface area contributed by atoms with Crippen molar-refractivity contribution in [1.29, 1.82) is 0 Å². The van der Waals surface area contributed by atoms with Gasteiger partial charge in [-0.2, -0.15) is 0 Å². The zero-order valence-corrected chi connectivity index (χ0v) is 20.4. The Kier molecular flexibility index (Phi) is 5.70. The van der Waals surface area contributed by atoms with Crippen LogP contribution in [0.3, 0.4) is 0 Å². The number of aliphatic hydroxyl groups excluding tert-OH is 2. The van der Waals surface area contributed by atoms with Gasteiger partial charge in [0.1, 0.15) is 0 Å². The van der Waals surface area contributed by atoms with Crippen LogP contribution in [0.25, 0.3) is 0 Å². The molecule has 0 radical (unpaired) electrons. The summed E-state index contributed by atoms with van der Waals surface area (Å²) in [6.07, 6.45) is 10.7. The highest BCUT2D eigenvalue weighted by atomic mass is 16.5. The third kappa shape index (κ3) is 3.28. The minimum Gasteiger partial charge on any atom is -0.391 e. The summed E-state index contributed by atoms with van der Waals surface area (Å²) in [5.41, 5.74) is 0.443. The van der Waals surface area contributed by atoms with Crippen LogP contribution >= 0.6 is 0 Å². The van der Waals surface area contributed by atoms with Crippen molar-refractivity contribution in [3.63, 3.8) is 0 Å². The second kappa shape index (κ2) is 8.19. The van der Waals surface area contributed by atoms with Gasteiger partial charge in [-0.15, -0.1) is 0 Å². The number of ether oxygens (including phenoxy) is 1. The van der Waals surface area contributed by atoms with Gasteiger partial charge in [-0.05, 0) is 105 Å². The number of fused-ring (bicyclic) bond motifs is 5. The van der Waals surface area contributed by atoms with Crippen LogP contribution in [0.5, 0.6) is 0 Å². The zero-order valence-electron chi connectivity index (χ0n) is 20.4. The first-order valence-electron chi connectivity index (χ1n) is 13.8. The number of aliphatic hydroxyl groups is 2. The van der Waals surface area contributed by atoms with E-state index >= 15 is 0 Å². The number of nitrogens with zero attached hydrogens (tertiary/aromatic N) is 2. The van der Waals surface area contributed by atoms with Crippen LogP contribution in [0.1, 0.15) is 71.6 Å². The van der Waals surface area contributed by atoms with E-state index in [4.69, 9.17) is 4.74 Å². The lowest BCUT2D eigenvalue weighted by molar-refractivity contribution is -0.158. The Balaban J connectivity index is 1.25. The first-order valence-corrected chi connectivity index (χ1v) is 13.8. The van der Waals surface area contributed by atoms with Crippen molar-refractivity contribution in [3.8, 4) is 0 Å². The topological polar surface area (TPSA) is 56.2 Å². The van der Waals surface area contributed by atoms with Gasteiger partial charge in [0.25, 0.3) is 0 Å². The van der Waals surface area contributed by atoms with Gasteiger partial charge in [-0.3, -0.25) is 9.80 Å². The molecule has 6 fully saturated rings. The summed E-state index contributed by atoms with van der Waals surface area (Å²) < 4.78 is 5.61. The van der Waals surface area contributed by atoms with Crippen molar-refractivity contribution in [2.75, 3.05) is 39.4 Å². The van der Waals surface area contributed by atoms with Crippen LogP contribution in [-0.4, -0.2) is 83.7 Å². The van der Waals surface area contributed by atoms with Crippen LogP contribution in [-0.2, 0) is 4.74 Å². The molecule has 32 heavy (non-hydrogen) atoms. The lowest BCUT2D eigenvalue weighted by Crippen LogP contribution is -2.61. The van der Waals surface area contributed by atoms with Crippen molar-refractivity contribution in [3.05, 3.63) is 0 Å². The number of rotatable bonds is 2. The standard InChI is InChI=1S/C27H46N2O3/c1-26-8-7-20-19(21(26)16-22(25(26)31)28-9-3-4-10-28)6-5-18-15-24(30)23(17-27(18,20)2)29-11-13-32-14-12-29/h18-25,30-31H,3-17H2,1-2H3/t18-,19+,20-,21-,22-,23+,24-,25-,26-,27-/m0/s1. The van der Waals surface area contributed by atoms with Crippen LogP contribution in [0.15, 0.2) is 0 Å². The molecular formula is C27H46N2O3. The third-order valence-electron chi connectivity index (χ3n) is 11.8. The molecule has 0 aromatic heterocycles. The lowest BCUT2D eigenvalue weighted by atomic mass is 9.44. The van der Waals surface area contributed by atoms with E-state index in [2.05, 4.69) is 23.6 Å². The molecule has 0 aromatic carbocycles. The largest absolute Gasteiger partial charge is 0.391 e. The van der Waals surface area contributed by atoms with Crippen molar-refractivity contribution < 1.29 is 14.9 Å². The molecule has 5 nitrogen and oxygen atoms in total. The molecular weight excluding hydrogens is 400 g/mol. The number of hydrogen-bond donors (Lipinski definition) is 2.